The Hall–Kier alpha value is -3.79. The van der Waals surface area contributed by atoms with E-state index in [1.54, 1.807) is 0 Å². The van der Waals surface area contributed by atoms with Crippen LogP contribution in [0.15, 0.2) is 0 Å². The van der Waals surface area contributed by atoms with Crippen LogP contribution in [0.4, 0.5) is 0 Å². The molecule has 16 heteroatoms. The molecule has 0 aliphatic heterocycles. The van der Waals surface area contributed by atoms with Crippen molar-refractivity contribution in [1.29, 1.82) is 0 Å². The molecule has 0 saturated heterocycles. The van der Waals surface area contributed by atoms with Crippen LogP contribution in [0, 0.1) is 0 Å². The number of carbonyl (C=O) groups excluding carboxylic acids is 7. The molecule has 16 nitrogen and oxygen atoms in total. The highest BCUT2D eigenvalue weighted by Crippen LogP contribution is 2.19. The van der Waals surface area contributed by atoms with Crippen LogP contribution in [0.25, 0.3) is 0 Å². The molecule has 0 aliphatic rings. The van der Waals surface area contributed by atoms with Crippen LogP contribution in [0.3, 0.4) is 0 Å². The fourth-order valence-corrected chi connectivity index (χ4v) is 7.65. The van der Waals surface area contributed by atoms with Crippen LogP contribution in [-0.2, 0) is 43.0 Å². The van der Waals surface area contributed by atoms with Crippen LogP contribution in [0.2, 0.25) is 0 Å². The Morgan fingerprint density at radius 1 is 0.275 bits per heavy atom. The monoisotopic (exact) mass is 1140 g/mol. The second kappa shape index (κ2) is 75.2. The van der Waals surface area contributed by atoms with E-state index < -0.39 is 5.54 Å². The van der Waals surface area contributed by atoms with Gasteiger partial charge in [0.25, 0.3) is 0 Å². The van der Waals surface area contributed by atoms with Gasteiger partial charge >= 0.3 is 0 Å². The number of unbranched alkanes of at least 4 members (excludes halogenated alkanes) is 15. The molecule has 0 aromatic rings. The number of hydrogen-bond donors (Lipinski definition) is 7. The van der Waals surface area contributed by atoms with E-state index in [0.29, 0.717) is 90.6 Å². The summed E-state index contributed by atoms with van der Waals surface area (Å²) >= 11 is 0. The molecule has 0 aliphatic carbocycles. The number of nitrogens with one attached hydrogen (secondary N) is 7. The van der Waals surface area contributed by atoms with Crippen molar-refractivity contribution in [1.82, 2.24) is 37.2 Å². The van der Waals surface area contributed by atoms with E-state index in [9.17, 15) is 33.6 Å². The van der Waals surface area contributed by atoms with E-state index in [1.807, 2.05) is 62.3 Å². The number of amides is 7. The van der Waals surface area contributed by atoms with Crippen molar-refractivity contribution in [2.24, 2.45) is 0 Å². The van der Waals surface area contributed by atoms with Crippen LogP contribution >= 0.6 is 0 Å². The van der Waals surface area contributed by atoms with Gasteiger partial charge in [0.2, 0.25) is 41.4 Å². The molecule has 0 spiro atoms. The van der Waals surface area contributed by atoms with Crippen LogP contribution in [0.1, 0.15) is 302 Å². The van der Waals surface area contributed by atoms with Gasteiger partial charge in [0, 0.05) is 84.2 Å². The van der Waals surface area contributed by atoms with Crippen molar-refractivity contribution in [2.45, 2.75) is 308 Å². The number of rotatable bonds is 50. The number of carbonyl (C=O) groups is 7. The molecule has 0 aromatic heterocycles. The minimum atomic E-state index is -0.774. The highest BCUT2D eigenvalue weighted by Gasteiger charge is 2.32. The molecule has 0 unspecified atom stereocenters. The van der Waals surface area contributed by atoms with Crippen molar-refractivity contribution < 1.29 is 43.0 Å². The lowest BCUT2D eigenvalue weighted by molar-refractivity contribution is -0.128. The third kappa shape index (κ3) is 70.3. The Morgan fingerprint density at radius 3 is 0.838 bits per heavy atom. The normalized spacial score (nSPS) is 10.2. The molecule has 0 saturated carbocycles. The van der Waals surface area contributed by atoms with Gasteiger partial charge in [0.1, 0.15) is 0 Å². The van der Waals surface area contributed by atoms with E-state index in [2.05, 4.69) is 71.8 Å². The summed E-state index contributed by atoms with van der Waals surface area (Å²) < 4.78 is 12.1. The molecule has 7 N–H and O–H groups in total. The van der Waals surface area contributed by atoms with Gasteiger partial charge in [0.15, 0.2) is 0 Å². The molecular weight excluding hydrogens is 1010 g/mol. The van der Waals surface area contributed by atoms with Gasteiger partial charge in [0.05, 0.1) is 32.0 Å². The molecule has 0 bridgehead atoms. The molecule has 80 heavy (non-hydrogen) atoms. The zero-order valence-electron chi connectivity index (χ0n) is 54.9. The lowest BCUT2D eigenvalue weighted by atomic mass is 9.93. The van der Waals surface area contributed by atoms with Crippen molar-refractivity contribution in [2.75, 3.05) is 65.7 Å². The number of hydrogen-bond acceptors (Lipinski definition) is 9. The minimum absolute atomic E-state index is 0.0309. The summed E-state index contributed by atoms with van der Waals surface area (Å²) in [4.78, 5) is 84.4. The first-order chi connectivity index (χ1) is 38.9. The van der Waals surface area contributed by atoms with E-state index in [1.165, 1.54) is 38.5 Å². The van der Waals surface area contributed by atoms with E-state index >= 15 is 0 Å². The SMILES string of the molecule is CC.CC.CC.CC.CCCCCC(=O)NCCCNC(=O)CCC.CCCCCCCCCCCC(=O)NC(CCCC)(COCCC(=O)NCCCNC(=O)CCCCC)COCCC(=O)NCCCNC(=O)CCCCC. The Balaban J connectivity index is -0.000000456. The van der Waals surface area contributed by atoms with Crippen LogP contribution in [0.5, 0.6) is 0 Å². The number of ether oxygens (including phenoxy) is 2. The first-order valence-electron chi connectivity index (χ1n) is 33.0. The average molecular weight is 1140 g/mol. The zero-order chi connectivity index (χ0) is 61.6. The maximum atomic E-state index is 13.3. The average Bonchev–Trinajstić information content (AvgIpc) is 3.46. The summed E-state index contributed by atoms with van der Waals surface area (Å²) in [5.41, 5.74) is -0.774. The molecule has 0 heterocycles. The molecule has 0 rings (SSSR count). The van der Waals surface area contributed by atoms with Crippen LogP contribution in [-0.4, -0.2) is 113 Å². The first kappa shape index (κ1) is 87.5. The highest BCUT2D eigenvalue weighted by atomic mass is 16.5. The summed E-state index contributed by atoms with van der Waals surface area (Å²) in [6.07, 6.45) is 28.4. The summed E-state index contributed by atoms with van der Waals surface area (Å²) in [6, 6.07) is 0. The van der Waals surface area contributed by atoms with Gasteiger partial charge in [-0.25, -0.2) is 0 Å². The molecule has 0 fully saturated rings. The largest absolute Gasteiger partial charge is 0.378 e. The molecule has 7 amide bonds. The fraction of sp³-hybridized carbons (Fsp3) is 0.891. The second-order valence-electron chi connectivity index (χ2n) is 19.4. The maximum Gasteiger partial charge on any atom is 0.222 e. The quantitative estimate of drug-likeness (QED) is 0.0288. The summed E-state index contributed by atoms with van der Waals surface area (Å²) in [5, 5.41) is 20.5. The molecule has 0 radical (unpaired) electrons. The molecule has 478 valence electrons. The van der Waals surface area contributed by atoms with Crippen molar-refractivity contribution in [3.63, 3.8) is 0 Å². The topological polar surface area (TPSA) is 222 Å². The summed E-state index contributed by atoms with van der Waals surface area (Å²) in [6.45, 7) is 32.7. The van der Waals surface area contributed by atoms with Gasteiger partial charge < -0.3 is 46.7 Å². The minimum Gasteiger partial charge on any atom is -0.378 e. The van der Waals surface area contributed by atoms with Crippen molar-refractivity contribution >= 4 is 41.4 Å². The lowest BCUT2D eigenvalue weighted by Gasteiger charge is -2.35. The van der Waals surface area contributed by atoms with Crippen molar-refractivity contribution in [3.05, 3.63) is 0 Å². The van der Waals surface area contributed by atoms with Gasteiger partial charge in [-0.15, -0.1) is 0 Å². The van der Waals surface area contributed by atoms with Gasteiger partial charge in [-0.05, 0) is 57.8 Å². The smallest absolute Gasteiger partial charge is 0.222 e. The summed E-state index contributed by atoms with van der Waals surface area (Å²) in [5.74, 6) is 0.0492. The third-order valence-electron chi connectivity index (χ3n) is 12.1. The fourth-order valence-electron chi connectivity index (χ4n) is 7.65. The molecular formula is C64H133N7O9. The Labute approximate surface area is 493 Å². The lowest BCUT2D eigenvalue weighted by Crippen LogP contribution is -2.55. The predicted molar refractivity (Wildman–Crippen MR) is 338 cm³/mol. The second-order valence-corrected chi connectivity index (χ2v) is 19.4. The van der Waals surface area contributed by atoms with Gasteiger partial charge in [-0.3, -0.25) is 33.6 Å². The standard InChI is InChI=1S/C43H83N5O7.C13H26N2O2.4C2H6/c1-5-9-13-14-15-16-17-18-21-26-42(53)48-43(29-12-8-4,36-54-34-27-40(51)46-32-22-30-44-38(49)24-19-10-6-2)37-55-35-28-41(52)47-33-23-31-45-39(50)25-20-11-7-3;1-3-5-6-9-13(17)15-11-7-10-14-12(16)8-4-2;4*1-2/h5-37H2,1-4H3,(H,44,49)(H,45,50)(H,46,51)(H,47,52)(H,48,53);3-11H2,1-2H3,(H,14,16)(H,15,17);4*1-2H3. The van der Waals surface area contributed by atoms with E-state index in [0.717, 1.165) is 103 Å². The molecule has 0 aromatic carbocycles. The van der Waals surface area contributed by atoms with E-state index in [-0.39, 0.29) is 80.6 Å². The predicted octanol–water partition coefficient (Wildman–Crippen LogP) is 13.3. The van der Waals surface area contributed by atoms with Gasteiger partial charge in [-0.1, -0.05) is 200 Å². The van der Waals surface area contributed by atoms with Crippen LogP contribution < -0.4 is 37.2 Å². The summed E-state index contributed by atoms with van der Waals surface area (Å²) in [7, 11) is 0. The van der Waals surface area contributed by atoms with Crippen molar-refractivity contribution in [3.8, 4) is 0 Å². The first-order valence-corrected chi connectivity index (χ1v) is 33.0. The van der Waals surface area contributed by atoms with Gasteiger partial charge in [-0.2, -0.15) is 0 Å². The van der Waals surface area contributed by atoms with E-state index in [4.69, 9.17) is 9.47 Å². The zero-order valence-corrected chi connectivity index (χ0v) is 54.9. The Morgan fingerprint density at radius 2 is 0.525 bits per heavy atom. The Bertz CT molecular complexity index is 1300. The highest BCUT2D eigenvalue weighted by molar-refractivity contribution is 5.78. The molecule has 0 atom stereocenters. The Kier molecular flexibility index (Phi) is 82.2. The maximum absolute atomic E-state index is 13.3. The third-order valence-corrected chi connectivity index (χ3v) is 12.1.